The Hall–Kier alpha value is -1.39. The van der Waals surface area contributed by atoms with Crippen LogP contribution in [0, 0.1) is 0 Å². The minimum absolute atomic E-state index is 0.0751. The summed E-state index contributed by atoms with van der Waals surface area (Å²) in [5.41, 5.74) is 2.59. The SMILES string of the molecule is CC(=O)N1CCN(S(=O)(=O)NC(=O)NN2CCCCCC2)CC1. The van der Waals surface area contributed by atoms with E-state index in [2.05, 4.69) is 5.43 Å². The summed E-state index contributed by atoms with van der Waals surface area (Å²) in [6.45, 7) is 3.96. The molecule has 0 radical (unpaired) electrons. The van der Waals surface area contributed by atoms with Crippen molar-refractivity contribution in [2.75, 3.05) is 39.3 Å². The molecule has 0 aromatic rings. The van der Waals surface area contributed by atoms with Crippen LogP contribution in [0.25, 0.3) is 0 Å². The summed E-state index contributed by atoms with van der Waals surface area (Å²) >= 11 is 0. The summed E-state index contributed by atoms with van der Waals surface area (Å²) in [5, 5.41) is 1.76. The molecule has 0 saturated carbocycles. The predicted octanol–water partition coefficient (Wildman–Crippen LogP) is -0.514. The van der Waals surface area contributed by atoms with Crippen molar-refractivity contribution >= 4 is 22.1 Å². The third-order valence-corrected chi connectivity index (χ3v) is 5.60. The Balaban J connectivity index is 1.83. The molecule has 2 fully saturated rings. The number of hydrazine groups is 1. The topological polar surface area (TPSA) is 102 Å². The Morgan fingerprint density at radius 2 is 1.43 bits per heavy atom. The van der Waals surface area contributed by atoms with Crippen molar-refractivity contribution in [1.82, 2.24) is 24.4 Å². The summed E-state index contributed by atoms with van der Waals surface area (Å²) in [6, 6.07) is -0.735. The molecular weight excluding hydrogens is 322 g/mol. The van der Waals surface area contributed by atoms with E-state index in [1.165, 1.54) is 11.2 Å². The van der Waals surface area contributed by atoms with E-state index < -0.39 is 16.2 Å². The number of hydrogen-bond donors (Lipinski definition) is 2. The first kappa shape index (κ1) is 18.0. The van der Waals surface area contributed by atoms with Gasteiger partial charge in [-0.2, -0.15) is 12.7 Å². The number of carbonyl (C=O) groups is 2. The van der Waals surface area contributed by atoms with E-state index in [1.54, 1.807) is 9.91 Å². The van der Waals surface area contributed by atoms with Gasteiger partial charge in [0.2, 0.25) is 5.91 Å². The van der Waals surface area contributed by atoms with E-state index in [9.17, 15) is 18.0 Å². The number of nitrogens with one attached hydrogen (secondary N) is 2. The molecule has 9 nitrogen and oxygen atoms in total. The van der Waals surface area contributed by atoms with Crippen molar-refractivity contribution in [3.63, 3.8) is 0 Å². The monoisotopic (exact) mass is 347 g/mol. The molecule has 0 spiro atoms. The van der Waals surface area contributed by atoms with Gasteiger partial charge in [-0.05, 0) is 12.8 Å². The van der Waals surface area contributed by atoms with Gasteiger partial charge in [0.25, 0.3) is 0 Å². The van der Waals surface area contributed by atoms with E-state index in [0.717, 1.165) is 38.8 Å². The van der Waals surface area contributed by atoms with Crippen LogP contribution in [0.5, 0.6) is 0 Å². The second-order valence-corrected chi connectivity index (χ2v) is 7.53. The van der Waals surface area contributed by atoms with Crippen LogP contribution < -0.4 is 10.1 Å². The standard InChI is InChI=1S/C13H25N5O4S/c1-12(19)16-8-10-18(11-9-16)23(21,22)15-13(20)14-17-6-4-2-3-5-7-17/h2-11H2,1H3,(H2,14,15,20). The van der Waals surface area contributed by atoms with Gasteiger partial charge in [-0.15, -0.1) is 0 Å². The number of hydrogen-bond acceptors (Lipinski definition) is 5. The summed E-state index contributed by atoms with van der Waals surface area (Å²) in [4.78, 5) is 24.8. The largest absolute Gasteiger partial charge is 0.343 e. The summed E-state index contributed by atoms with van der Waals surface area (Å²) in [5.74, 6) is -0.0751. The van der Waals surface area contributed by atoms with Crippen LogP contribution in [0.3, 0.4) is 0 Å². The van der Waals surface area contributed by atoms with Crippen molar-refractivity contribution in [3.8, 4) is 0 Å². The highest BCUT2D eigenvalue weighted by atomic mass is 32.2. The number of rotatable bonds is 3. The van der Waals surface area contributed by atoms with Gasteiger partial charge in [-0.1, -0.05) is 12.8 Å². The molecular formula is C13H25N5O4S. The fourth-order valence-electron chi connectivity index (χ4n) is 2.77. The molecule has 10 heteroatoms. The normalized spacial score (nSPS) is 21.5. The molecule has 0 aliphatic carbocycles. The fraction of sp³-hybridized carbons (Fsp3) is 0.846. The molecule has 0 aromatic carbocycles. The van der Waals surface area contributed by atoms with Gasteiger partial charge < -0.3 is 4.90 Å². The quantitative estimate of drug-likeness (QED) is 0.716. The lowest BCUT2D eigenvalue weighted by Gasteiger charge is -2.33. The highest BCUT2D eigenvalue weighted by Crippen LogP contribution is 2.08. The van der Waals surface area contributed by atoms with Gasteiger partial charge in [-0.3, -0.25) is 10.2 Å². The molecule has 0 bridgehead atoms. The third kappa shape index (κ3) is 5.33. The molecule has 23 heavy (non-hydrogen) atoms. The van der Waals surface area contributed by atoms with Crippen molar-refractivity contribution in [3.05, 3.63) is 0 Å². The molecule has 2 saturated heterocycles. The highest BCUT2D eigenvalue weighted by Gasteiger charge is 2.29. The third-order valence-electron chi connectivity index (χ3n) is 4.11. The van der Waals surface area contributed by atoms with Crippen molar-refractivity contribution < 1.29 is 18.0 Å². The molecule has 3 amide bonds. The average molecular weight is 347 g/mol. The van der Waals surface area contributed by atoms with Gasteiger partial charge in [0.1, 0.15) is 0 Å². The molecule has 2 aliphatic rings. The molecule has 0 atom stereocenters. The van der Waals surface area contributed by atoms with E-state index in [0.29, 0.717) is 13.1 Å². The smallest absolute Gasteiger partial charge is 0.340 e. The van der Waals surface area contributed by atoms with Crippen LogP contribution in [0.4, 0.5) is 4.79 Å². The Kier molecular flexibility index (Phi) is 6.19. The minimum Gasteiger partial charge on any atom is -0.340 e. The Bertz CT molecular complexity index is 522. The maximum atomic E-state index is 12.2. The van der Waals surface area contributed by atoms with Crippen LogP contribution in [0.15, 0.2) is 0 Å². The summed E-state index contributed by atoms with van der Waals surface area (Å²) < 4.78 is 27.7. The van der Waals surface area contributed by atoms with E-state index >= 15 is 0 Å². The second kappa shape index (κ2) is 7.93. The van der Waals surface area contributed by atoms with E-state index in [1.807, 2.05) is 4.72 Å². The van der Waals surface area contributed by atoms with Crippen molar-refractivity contribution in [2.45, 2.75) is 32.6 Å². The minimum atomic E-state index is -3.88. The second-order valence-electron chi connectivity index (χ2n) is 5.85. The van der Waals surface area contributed by atoms with Crippen LogP contribution in [-0.2, 0) is 15.0 Å². The number of nitrogens with zero attached hydrogens (tertiary/aromatic N) is 3. The molecule has 2 heterocycles. The Morgan fingerprint density at radius 1 is 0.870 bits per heavy atom. The molecule has 0 unspecified atom stereocenters. The predicted molar refractivity (Wildman–Crippen MR) is 84.5 cm³/mol. The van der Waals surface area contributed by atoms with Gasteiger partial charge in [-0.25, -0.2) is 14.5 Å². The first-order chi connectivity index (χ1) is 10.9. The zero-order valence-corrected chi connectivity index (χ0v) is 14.3. The van der Waals surface area contributed by atoms with Gasteiger partial charge in [0, 0.05) is 46.2 Å². The zero-order valence-electron chi connectivity index (χ0n) is 13.5. The lowest BCUT2D eigenvalue weighted by atomic mass is 10.2. The zero-order chi connectivity index (χ0) is 16.9. The molecule has 0 aromatic heterocycles. The van der Waals surface area contributed by atoms with E-state index in [4.69, 9.17) is 0 Å². The molecule has 132 valence electrons. The van der Waals surface area contributed by atoms with Gasteiger partial charge >= 0.3 is 16.2 Å². The summed E-state index contributed by atoms with van der Waals surface area (Å²) in [7, 11) is -3.88. The first-order valence-corrected chi connectivity index (χ1v) is 9.41. The lowest BCUT2D eigenvalue weighted by Crippen LogP contribution is -2.56. The summed E-state index contributed by atoms with van der Waals surface area (Å²) in [6.07, 6.45) is 4.22. The lowest BCUT2D eigenvalue weighted by molar-refractivity contribution is -0.129. The Labute approximate surface area is 137 Å². The highest BCUT2D eigenvalue weighted by molar-refractivity contribution is 7.87. The van der Waals surface area contributed by atoms with Crippen LogP contribution in [0.1, 0.15) is 32.6 Å². The van der Waals surface area contributed by atoms with Gasteiger partial charge in [0.15, 0.2) is 0 Å². The molecule has 2 N–H and O–H groups in total. The van der Waals surface area contributed by atoms with Crippen molar-refractivity contribution in [1.29, 1.82) is 0 Å². The molecule has 2 rings (SSSR count). The number of piperazine rings is 1. The number of carbonyl (C=O) groups excluding carboxylic acids is 2. The number of amides is 3. The van der Waals surface area contributed by atoms with E-state index in [-0.39, 0.29) is 19.0 Å². The van der Waals surface area contributed by atoms with Crippen LogP contribution >= 0.6 is 0 Å². The maximum absolute atomic E-state index is 12.2. The van der Waals surface area contributed by atoms with Crippen LogP contribution in [-0.4, -0.2) is 73.8 Å². The Morgan fingerprint density at radius 3 is 1.96 bits per heavy atom. The van der Waals surface area contributed by atoms with Crippen LogP contribution in [0.2, 0.25) is 0 Å². The average Bonchev–Trinajstić information content (AvgIpc) is 2.75. The van der Waals surface area contributed by atoms with Crippen molar-refractivity contribution in [2.24, 2.45) is 0 Å². The molecule has 2 aliphatic heterocycles. The maximum Gasteiger partial charge on any atom is 0.343 e. The van der Waals surface area contributed by atoms with Gasteiger partial charge in [0.05, 0.1) is 0 Å². The fourth-order valence-corrected chi connectivity index (χ4v) is 3.83. The first-order valence-electron chi connectivity index (χ1n) is 7.97. The number of urea groups is 1.